The number of unbranched alkanes of at least 4 members (excludes halogenated alkanes) is 11. The van der Waals surface area contributed by atoms with Crippen LogP contribution in [0.1, 0.15) is 117 Å². The largest absolute Gasteiger partial charge is 0.356 e. The predicted octanol–water partition coefficient (Wildman–Crippen LogP) is 6.04. The molecule has 0 aliphatic rings. The molecular weight excluding hydrogens is 346 g/mol. The fraction of sp³-hybridized carbons (Fsp3) is 0.917. The van der Waals surface area contributed by atoms with Crippen molar-refractivity contribution in [2.75, 3.05) is 13.6 Å². The van der Waals surface area contributed by atoms with E-state index in [1.54, 1.807) is 0 Å². The van der Waals surface area contributed by atoms with Gasteiger partial charge in [-0.05, 0) is 25.7 Å². The van der Waals surface area contributed by atoms with Crippen molar-refractivity contribution in [3.8, 4) is 0 Å². The normalized spacial score (nSPS) is 12.8. The Hall–Kier alpha value is -0.900. The molecule has 0 saturated heterocycles. The third-order valence-electron chi connectivity index (χ3n) is 5.15. The summed E-state index contributed by atoms with van der Waals surface area (Å²) >= 11 is 0. The highest BCUT2D eigenvalue weighted by Crippen LogP contribution is 2.11. The molecule has 1 amide bonds. The van der Waals surface area contributed by atoms with Crippen molar-refractivity contribution in [1.82, 2.24) is 10.6 Å². The first-order chi connectivity index (χ1) is 13.6. The molecular formula is C24H49N3O. The number of aliphatic imine (C=N–C) groups is 1. The van der Waals surface area contributed by atoms with Gasteiger partial charge in [-0.15, -0.1) is 0 Å². The van der Waals surface area contributed by atoms with Crippen LogP contribution < -0.4 is 10.6 Å². The first kappa shape index (κ1) is 27.1. The van der Waals surface area contributed by atoms with Crippen LogP contribution in [0.4, 0.5) is 0 Å². The molecule has 1 atom stereocenters. The summed E-state index contributed by atoms with van der Waals surface area (Å²) in [7, 11) is 1.82. The lowest BCUT2D eigenvalue weighted by atomic mass is 10.1. The Balaban J connectivity index is 3.41. The molecule has 4 nitrogen and oxygen atoms in total. The standard InChI is InChI=1S/C24H49N3O/c1-5-6-7-8-9-10-11-12-13-14-15-19-24(28)26-20-17-16-18-23(21-25-4)27-22(2)3/h21-23,27H,5-20H2,1-4H3,(H,26,28). The minimum absolute atomic E-state index is 0.225. The predicted molar refractivity (Wildman–Crippen MR) is 124 cm³/mol. The maximum atomic E-state index is 11.9. The highest BCUT2D eigenvalue weighted by atomic mass is 16.1. The first-order valence-corrected chi connectivity index (χ1v) is 12.0. The lowest BCUT2D eigenvalue weighted by molar-refractivity contribution is -0.121. The van der Waals surface area contributed by atoms with Gasteiger partial charge in [-0.25, -0.2) is 0 Å². The number of hydrogen-bond acceptors (Lipinski definition) is 3. The molecule has 1 unspecified atom stereocenters. The minimum atomic E-state index is 0.225. The van der Waals surface area contributed by atoms with Crippen molar-refractivity contribution in [3.05, 3.63) is 0 Å². The lowest BCUT2D eigenvalue weighted by Gasteiger charge is -2.17. The Kier molecular flexibility index (Phi) is 20.2. The van der Waals surface area contributed by atoms with E-state index in [-0.39, 0.29) is 5.91 Å². The number of nitrogens with one attached hydrogen (secondary N) is 2. The summed E-state index contributed by atoms with van der Waals surface area (Å²) < 4.78 is 0. The number of hydrogen-bond donors (Lipinski definition) is 2. The van der Waals surface area contributed by atoms with Crippen LogP contribution in [0.15, 0.2) is 4.99 Å². The van der Waals surface area contributed by atoms with Crippen LogP contribution in [0, 0.1) is 0 Å². The third kappa shape index (κ3) is 19.9. The summed E-state index contributed by atoms with van der Waals surface area (Å²) in [5.41, 5.74) is 0. The van der Waals surface area contributed by atoms with E-state index in [0.717, 1.165) is 32.2 Å². The monoisotopic (exact) mass is 395 g/mol. The molecule has 0 bridgehead atoms. The van der Waals surface area contributed by atoms with Gasteiger partial charge in [-0.3, -0.25) is 9.79 Å². The van der Waals surface area contributed by atoms with Gasteiger partial charge in [0, 0.05) is 38.3 Å². The molecule has 0 radical (unpaired) electrons. The van der Waals surface area contributed by atoms with Crippen molar-refractivity contribution < 1.29 is 4.79 Å². The molecule has 0 aromatic carbocycles. The van der Waals surface area contributed by atoms with E-state index >= 15 is 0 Å². The molecule has 4 heteroatoms. The van der Waals surface area contributed by atoms with E-state index < -0.39 is 0 Å². The molecule has 0 aliphatic heterocycles. The second kappa shape index (κ2) is 20.8. The molecule has 0 heterocycles. The summed E-state index contributed by atoms with van der Waals surface area (Å²) in [5, 5.41) is 6.58. The smallest absolute Gasteiger partial charge is 0.219 e. The summed E-state index contributed by atoms with van der Waals surface area (Å²) in [6.07, 6.45) is 20.5. The van der Waals surface area contributed by atoms with Crippen LogP contribution in [0.2, 0.25) is 0 Å². The van der Waals surface area contributed by atoms with Crippen LogP contribution in [0.3, 0.4) is 0 Å². The summed E-state index contributed by atoms with van der Waals surface area (Å²) in [6.45, 7) is 7.39. The molecule has 0 aromatic rings. The molecule has 0 rings (SSSR count). The van der Waals surface area contributed by atoms with Crippen LogP contribution in [-0.2, 0) is 4.79 Å². The highest BCUT2D eigenvalue weighted by molar-refractivity contribution is 5.75. The van der Waals surface area contributed by atoms with Crippen molar-refractivity contribution in [1.29, 1.82) is 0 Å². The molecule has 0 aliphatic carbocycles. The van der Waals surface area contributed by atoms with Gasteiger partial charge in [0.25, 0.3) is 0 Å². The number of carbonyl (C=O) groups is 1. The average Bonchev–Trinajstić information content (AvgIpc) is 2.65. The first-order valence-electron chi connectivity index (χ1n) is 12.0. The number of nitrogens with zero attached hydrogens (tertiary/aromatic N) is 1. The molecule has 166 valence electrons. The van der Waals surface area contributed by atoms with Crippen LogP contribution in [0.5, 0.6) is 0 Å². The van der Waals surface area contributed by atoms with Crippen LogP contribution >= 0.6 is 0 Å². The minimum Gasteiger partial charge on any atom is -0.356 e. The topological polar surface area (TPSA) is 53.5 Å². The van der Waals surface area contributed by atoms with E-state index in [2.05, 4.69) is 36.4 Å². The van der Waals surface area contributed by atoms with E-state index in [9.17, 15) is 4.79 Å². The van der Waals surface area contributed by atoms with Crippen LogP contribution in [-0.4, -0.2) is 37.8 Å². The zero-order valence-corrected chi connectivity index (χ0v) is 19.4. The quantitative estimate of drug-likeness (QED) is 0.195. The molecule has 0 aromatic heterocycles. The van der Waals surface area contributed by atoms with Gasteiger partial charge in [0.1, 0.15) is 0 Å². The van der Waals surface area contributed by atoms with Crippen molar-refractivity contribution in [3.63, 3.8) is 0 Å². The van der Waals surface area contributed by atoms with Gasteiger partial charge < -0.3 is 10.6 Å². The number of amides is 1. The Labute approximate surface area is 175 Å². The van der Waals surface area contributed by atoms with Gasteiger partial charge in [0.2, 0.25) is 5.91 Å². The van der Waals surface area contributed by atoms with Gasteiger partial charge >= 0.3 is 0 Å². The second-order valence-electron chi connectivity index (χ2n) is 8.47. The van der Waals surface area contributed by atoms with E-state index in [1.807, 2.05) is 13.3 Å². The number of rotatable bonds is 20. The van der Waals surface area contributed by atoms with E-state index in [1.165, 1.54) is 64.2 Å². The third-order valence-corrected chi connectivity index (χ3v) is 5.15. The Morgan fingerprint density at radius 1 is 0.857 bits per heavy atom. The summed E-state index contributed by atoms with van der Waals surface area (Å²) in [5.74, 6) is 0.225. The fourth-order valence-electron chi connectivity index (χ4n) is 3.56. The summed E-state index contributed by atoms with van der Waals surface area (Å²) in [6, 6.07) is 0.811. The summed E-state index contributed by atoms with van der Waals surface area (Å²) in [4.78, 5) is 16.0. The van der Waals surface area contributed by atoms with Crippen molar-refractivity contribution in [2.24, 2.45) is 4.99 Å². The van der Waals surface area contributed by atoms with Crippen molar-refractivity contribution >= 4 is 12.1 Å². The Morgan fingerprint density at radius 3 is 1.96 bits per heavy atom. The fourth-order valence-corrected chi connectivity index (χ4v) is 3.56. The second-order valence-corrected chi connectivity index (χ2v) is 8.47. The zero-order valence-electron chi connectivity index (χ0n) is 19.4. The van der Waals surface area contributed by atoms with Gasteiger partial charge in [0.05, 0.1) is 0 Å². The molecule has 0 spiro atoms. The zero-order chi connectivity index (χ0) is 20.9. The molecule has 0 fully saturated rings. The Bertz CT molecular complexity index is 369. The number of carbonyl (C=O) groups excluding carboxylic acids is 1. The Morgan fingerprint density at radius 2 is 1.43 bits per heavy atom. The lowest BCUT2D eigenvalue weighted by Crippen LogP contribution is -2.36. The van der Waals surface area contributed by atoms with Gasteiger partial charge in [0.15, 0.2) is 0 Å². The maximum absolute atomic E-state index is 11.9. The van der Waals surface area contributed by atoms with Crippen LogP contribution in [0.25, 0.3) is 0 Å². The van der Waals surface area contributed by atoms with E-state index in [0.29, 0.717) is 18.5 Å². The average molecular weight is 396 g/mol. The van der Waals surface area contributed by atoms with Gasteiger partial charge in [-0.2, -0.15) is 0 Å². The van der Waals surface area contributed by atoms with Gasteiger partial charge in [-0.1, -0.05) is 85.0 Å². The molecule has 28 heavy (non-hydrogen) atoms. The van der Waals surface area contributed by atoms with Crippen molar-refractivity contribution in [2.45, 2.75) is 129 Å². The highest BCUT2D eigenvalue weighted by Gasteiger charge is 2.07. The molecule has 2 N–H and O–H groups in total. The molecule has 0 saturated carbocycles. The van der Waals surface area contributed by atoms with E-state index in [4.69, 9.17) is 0 Å². The maximum Gasteiger partial charge on any atom is 0.219 e. The SMILES string of the molecule is CCCCCCCCCCCCCC(=O)NCCCCC(C=NC)NC(C)C.